The van der Waals surface area contributed by atoms with Gasteiger partial charge in [-0.05, 0) is 25.1 Å². The standard InChI is InChI=1S/C13H13N5OS/c1-9(20-13-15-8-16-18(13)2)12(19)17-11-5-3-4-10(6-11)7-14/h3-6,8-9H,1-2H3,(H,17,19). The molecule has 1 amide bonds. The van der Waals surface area contributed by atoms with E-state index in [-0.39, 0.29) is 11.2 Å². The third-order valence-electron chi connectivity index (χ3n) is 2.58. The van der Waals surface area contributed by atoms with Gasteiger partial charge in [-0.1, -0.05) is 17.8 Å². The summed E-state index contributed by atoms with van der Waals surface area (Å²) in [7, 11) is 1.77. The van der Waals surface area contributed by atoms with Crippen LogP contribution in [0, 0.1) is 11.3 Å². The first kappa shape index (κ1) is 14.1. The van der Waals surface area contributed by atoms with Crippen molar-refractivity contribution in [2.45, 2.75) is 17.3 Å². The molecule has 1 aromatic heterocycles. The summed E-state index contributed by atoms with van der Waals surface area (Å²) in [5.41, 5.74) is 1.12. The van der Waals surface area contributed by atoms with Gasteiger partial charge in [-0.2, -0.15) is 10.4 Å². The summed E-state index contributed by atoms with van der Waals surface area (Å²) in [6.07, 6.45) is 1.45. The van der Waals surface area contributed by atoms with Gasteiger partial charge in [-0.15, -0.1) is 0 Å². The van der Waals surface area contributed by atoms with Gasteiger partial charge < -0.3 is 5.32 Å². The number of carbonyl (C=O) groups excluding carboxylic acids is 1. The SMILES string of the molecule is CC(Sc1ncnn1C)C(=O)Nc1cccc(C#N)c1. The number of nitrogens with zero attached hydrogens (tertiary/aromatic N) is 4. The lowest BCUT2D eigenvalue weighted by atomic mass is 10.2. The molecule has 0 saturated heterocycles. The number of nitriles is 1. The normalized spacial score (nSPS) is 11.7. The largest absolute Gasteiger partial charge is 0.325 e. The molecule has 1 N–H and O–H groups in total. The van der Waals surface area contributed by atoms with Crippen molar-refractivity contribution < 1.29 is 4.79 Å². The minimum Gasteiger partial charge on any atom is -0.325 e. The van der Waals surface area contributed by atoms with Crippen LogP contribution in [-0.4, -0.2) is 25.9 Å². The Morgan fingerprint density at radius 2 is 2.35 bits per heavy atom. The minimum atomic E-state index is -0.316. The zero-order chi connectivity index (χ0) is 14.5. The average molecular weight is 287 g/mol. The Bertz CT molecular complexity index is 661. The van der Waals surface area contributed by atoms with Crippen LogP contribution in [0.4, 0.5) is 5.69 Å². The highest BCUT2D eigenvalue weighted by Gasteiger charge is 2.17. The highest BCUT2D eigenvalue weighted by Crippen LogP contribution is 2.21. The van der Waals surface area contributed by atoms with Crippen LogP contribution in [0.1, 0.15) is 12.5 Å². The van der Waals surface area contributed by atoms with Crippen LogP contribution in [-0.2, 0) is 11.8 Å². The summed E-state index contributed by atoms with van der Waals surface area (Å²) >= 11 is 1.33. The number of carbonyl (C=O) groups is 1. The number of rotatable bonds is 4. The quantitative estimate of drug-likeness (QED) is 0.867. The van der Waals surface area contributed by atoms with Gasteiger partial charge in [0.25, 0.3) is 0 Å². The Morgan fingerprint density at radius 1 is 1.55 bits per heavy atom. The first-order valence-electron chi connectivity index (χ1n) is 5.92. The smallest absolute Gasteiger partial charge is 0.237 e. The van der Waals surface area contributed by atoms with E-state index in [0.717, 1.165) is 0 Å². The van der Waals surface area contributed by atoms with Crippen molar-refractivity contribution in [2.75, 3.05) is 5.32 Å². The summed E-state index contributed by atoms with van der Waals surface area (Å²) in [6.45, 7) is 1.79. The van der Waals surface area contributed by atoms with Gasteiger partial charge in [0.15, 0.2) is 5.16 Å². The van der Waals surface area contributed by atoms with Gasteiger partial charge in [-0.25, -0.2) is 9.67 Å². The highest BCUT2D eigenvalue weighted by atomic mass is 32.2. The van der Waals surface area contributed by atoms with Crippen LogP contribution in [0.3, 0.4) is 0 Å². The fourth-order valence-electron chi connectivity index (χ4n) is 1.51. The molecule has 102 valence electrons. The molecule has 0 fully saturated rings. The third kappa shape index (κ3) is 3.36. The molecular formula is C13H13N5OS. The number of aryl methyl sites for hydroxylation is 1. The van der Waals surface area contributed by atoms with Crippen LogP contribution in [0.25, 0.3) is 0 Å². The van der Waals surface area contributed by atoms with Gasteiger partial charge in [-0.3, -0.25) is 4.79 Å². The molecule has 0 aliphatic rings. The number of amides is 1. The van der Waals surface area contributed by atoms with E-state index in [9.17, 15) is 4.79 Å². The van der Waals surface area contributed by atoms with E-state index in [4.69, 9.17) is 5.26 Å². The fraction of sp³-hybridized carbons (Fsp3) is 0.231. The fourth-order valence-corrected chi connectivity index (χ4v) is 2.30. The molecule has 2 aromatic rings. The van der Waals surface area contributed by atoms with E-state index in [1.54, 1.807) is 42.9 Å². The Labute approximate surface area is 120 Å². The Kier molecular flexibility index (Phi) is 4.38. The highest BCUT2D eigenvalue weighted by molar-refractivity contribution is 8.00. The van der Waals surface area contributed by atoms with E-state index in [2.05, 4.69) is 15.4 Å². The van der Waals surface area contributed by atoms with Crippen molar-refractivity contribution in [3.05, 3.63) is 36.2 Å². The molecule has 0 bridgehead atoms. The maximum absolute atomic E-state index is 12.1. The zero-order valence-electron chi connectivity index (χ0n) is 11.1. The lowest BCUT2D eigenvalue weighted by Crippen LogP contribution is -2.22. The minimum absolute atomic E-state index is 0.145. The van der Waals surface area contributed by atoms with Gasteiger partial charge in [0.05, 0.1) is 16.9 Å². The molecule has 1 heterocycles. The van der Waals surface area contributed by atoms with Gasteiger partial charge in [0.2, 0.25) is 5.91 Å². The van der Waals surface area contributed by atoms with E-state index in [0.29, 0.717) is 16.4 Å². The molecule has 7 heteroatoms. The van der Waals surface area contributed by atoms with Crippen molar-refractivity contribution in [3.8, 4) is 6.07 Å². The molecule has 1 atom stereocenters. The number of hydrogen-bond donors (Lipinski definition) is 1. The van der Waals surface area contributed by atoms with E-state index < -0.39 is 0 Å². The molecule has 1 aromatic carbocycles. The van der Waals surface area contributed by atoms with Crippen molar-refractivity contribution in [1.82, 2.24) is 14.8 Å². The zero-order valence-corrected chi connectivity index (χ0v) is 11.9. The van der Waals surface area contributed by atoms with Crippen molar-refractivity contribution in [3.63, 3.8) is 0 Å². The summed E-state index contributed by atoms with van der Waals surface area (Å²) in [5.74, 6) is -0.145. The number of benzene rings is 1. The number of thioether (sulfide) groups is 1. The van der Waals surface area contributed by atoms with E-state index in [1.807, 2.05) is 6.07 Å². The predicted molar refractivity (Wildman–Crippen MR) is 76.1 cm³/mol. The average Bonchev–Trinajstić information content (AvgIpc) is 2.84. The van der Waals surface area contributed by atoms with Crippen LogP contribution in [0.5, 0.6) is 0 Å². The molecule has 0 aliphatic carbocycles. The Hall–Kier alpha value is -2.33. The van der Waals surface area contributed by atoms with Crippen LogP contribution in [0.15, 0.2) is 35.7 Å². The summed E-state index contributed by atoms with van der Waals surface area (Å²) in [6, 6.07) is 8.84. The summed E-state index contributed by atoms with van der Waals surface area (Å²) in [5, 5.41) is 15.9. The van der Waals surface area contributed by atoms with Crippen molar-refractivity contribution >= 4 is 23.4 Å². The van der Waals surface area contributed by atoms with Crippen LogP contribution in [0.2, 0.25) is 0 Å². The van der Waals surface area contributed by atoms with E-state index in [1.165, 1.54) is 18.1 Å². The predicted octanol–water partition coefficient (Wildman–Crippen LogP) is 1.81. The lowest BCUT2D eigenvalue weighted by molar-refractivity contribution is -0.115. The lowest BCUT2D eigenvalue weighted by Gasteiger charge is -2.11. The van der Waals surface area contributed by atoms with Crippen LogP contribution >= 0.6 is 11.8 Å². The Morgan fingerprint density at radius 3 is 3.00 bits per heavy atom. The maximum Gasteiger partial charge on any atom is 0.237 e. The molecule has 1 unspecified atom stereocenters. The second kappa shape index (κ2) is 6.21. The summed E-state index contributed by atoms with van der Waals surface area (Å²) in [4.78, 5) is 16.1. The third-order valence-corrected chi connectivity index (χ3v) is 3.73. The number of anilines is 1. The molecule has 20 heavy (non-hydrogen) atoms. The molecule has 0 radical (unpaired) electrons. The Balaban J connectivity index is 2.01. The number of aromatic nitrogens is 3. The molecule has 0 aliphatic heterocycles. The molecular weight excluding hydrogens is 274 g/mol. The van der Waals surface area contributed by atoms with Crippen molar-refractivity contribution in [2.24, 2.45) is 7.05 Å². The monoisotopic (exact) mass is 287 g/mol. The second-order valence-corrected chi connectivity index (χ2v) is 5.42. The number of nitrogens with one attached hydrogen (secondary N) is 1. The molecule has 2 rings (SSSR count). The van der Waals surface area contributed by atoms with Gasteiger partial charge >= 0.3 is 0 Å². The summed E-state index contributed by atoms with van der Waals surface area (Å²) < 4.78 is 1.62. The molecule has 0 spiro atoms. The first-order chi connectivity index (χ1) is 9.60. The molecule has 6 nitrogen and oxygen atoms in total. The molecule has 0 saturated carbocycles. The maximum atomic E-state index is 12.1. The number of hydrogen-bond acceptors (Lipinski definition) is 5. The second-order valence-electron chi connectivity index (χ2n) is 4.11. The van der Waals surface area contributed by atoms with Crippen molar-refractivity contribution in [1.29, 1.82) is 5.26 Å². The van der Waals surface area contributed by atoms with E-state index >= 15 is 0 Å². The van der Waals surface area contributed by atoms with Gasteiger partial charge in [0, 0.05) is 12.7 Å². The topological polar surface area (TPSA) is 83.6 Å². The van der Waals surface area contributed by atoms with Gasteiger partial charge in [0.1, 0.15) is 6.33 Å². The first-order valence-corrected chi connectivity index (χ1v) is 6.80. The van der Waals surface area contributed by atoms with Crippen LogP contribution < -0.4 is 5.32 Å².